The summed E-state index contributed by atoms with van der Waals surface area (Å²) < 4.78 is 26.4. The van der Waals surface area contributed by atoms with Gasteiger partial charge in [-0.1, -0.05) is 139 Å². The van der Waals surface area contributed by atoms with Crippen molar-refractivity contribution in [2.45, 2.75) is 193 Å². The average molecular weight is 727 g/mol. The average Bonchev–Trinajstić information content (AvgIpc) is 3.04. The van der Waals surface area contributed by atoms with E-state index in [9.17, 15) is 0 Å². The second-order valence-electron chi connectivity index (χ2n) is 12.9. The summed E-state index contributed by atoms with van der Waals surface area (Å²) in [4.78, 5) is 0. The lowest BCUT2D eigenvalue weighted by Gasteiger charge is -2.34. The molecule has 0 radical (unpaired) electrons. The van der Waals surface area contributed by atoms with Crippen LogP contribution in [0.4, 0.5) is 0 Å². The molecule has 0 aliphatic heterocycles. The fraction of sp³-hybridized carbons (Fsp3) is 1.00. The molecule has 0 amide bonds. The van der Waals surface area contributed by atoms with E-state index >= 15 is 0 Å². The van der Waals surface area contributed by atoms with E-state index in [0.717, 1.165) is 65.0 Å². The van der Waals surface area contributed by atoms with Crippen LogP contribution in [0.5, 0.6) is 0 Å². The topological polar surface area (TPSA) is 36.9 Å². The molecule has 272 valence electrons. The largest absolute Gasteiger partial charge is 0.354 e. The highest BCUT2D eigenvalue weighted by Gasteiger charge is 2.32. The minimum atomic E-state index is -0.421. The monoisotopic (exact) mass is 726 g/mol. The maximum atomic E-state index is 6.60. The molecular formula is C36H78O4S3Si2. The van der Waals surface area contributed by atoms with Crippen LogP contribution in [-0.2, 0) is 18.9 Å². The van der Waals surface area contributed by atoms with Crippen molar-refractivity contribution in [3.63, 3.8) is 0 Å². The molecule has 0 unspecified atom stereocenters. The van der Waals surface area contributed by atoms with Gasteiger partial charge in [-0.05, 0) is 74.0 Å². The lowest BCUT2D eigenvalue weighted by Crippen LogP contribution is -2.43. The smallest absolute Gasteiger partial charge is 0.144 e. The van der Waals surface area contributed by atoms with Crippen molar-refractivity contribution >= 4 is 50.5 Å². The summed E-state index contributed by atoms with van der Waals surface area (Å²) in [6.07, 6.45) is 24.5. The van der Waals surface area contributed by atoms with Crippen LogP contribution in [0.25, 0.3) is 0 Å². The molecule has 0 aromatic rings. The zero-order chi connectivity index (χ0) is 33.2. The van der Waals surface area contributed by atoms with E-state index in [1.807, 2.05) is 31.4 Å². The zero-order valence-electron chi connectivity index (χ0n) is 31.1. The summed E-state index contributed by atoms with van der Waals surface area (Å²) >= 11 is 0. The van der Waals surface area contributed by atoms with Crippen LogP contribution < -0.4 is 0 Å². The second kappa shape index (κ2) is 35.2. The van der Waals surface area contributed by atoms with E-state index < -0.39 is 19.0 Å². The molecule has 0 saturated carbocycles. The molecule has 0 aromatic heterocycles. The Morgan fingerprint density at radius 3 is 1.04 bits per heavy atom. The predicted octanol–water partition coefficient (Wildman–Crippen LogP) is 11.5. The van der Waals surface area contributed by atoms with Crippen LogP contribution >= 0.6 is 31.4 Å². The third-order valence-electron chi connectivity index (χ3n) is 8.44. The Morgan fingerprint density at radius 2 is 0.733 bits per heavy atom. The van der Waals surface area contributed by atoms with E-state index in [4.69, 9.17) is 18.9 Å². The first-order chi connectivity index (χ1) is 22.1. The Balaban J connectivity index is 4.56. The molecule has 0 N–H and O–H groups in total. The number of hydrogen-bond acceptors (Lipinski definition) is 7. The first kappa shape index (κ1) is 46.3. The molecule has 4 nitrogen and oxygen atoms in total. The normalized spacial score (nSPS) is 12.9. The third kappa shape index (κ3) is 27.8. The number of hydrogen-bond donors (Lipinski definition) is 0. The van der Waals surface area contributed by atoms with Gasteiger partial charge in [-0.3, -0.25) is 0 Å². The number of ether oxygens (including phenoxy) is 4. The van der Waals surface area contributed by atoms with Gasteiger partial charge >= 0.3 is 0 Å². The van der Waals surface area contributed by atoms with Crippen molar-refractivity contribution in [3.8, 4) is 0 Å². The summed E-state index contributed by atoms with van der Waals surface area (Å²) in [5.41, 5.74) is -0.446. The molecule has 0 rings (SSSR count). The summed E-state index contributed by atoms with van der Waals surface area (Å²) in [5.74, 6) is 2.44. The quantitative estimate of drug-likeness (QED) is 0.0271. The van der Waals surface area contributed by atoms with E-state index in [1.165, 1.54) is 113 Å². The summed E-state index contributed by atoms with van der Waals surface area (Å²) in [6.45, 7) is 17.1. The van der Waals surface area contributed by atoms with Crippen molar-refractivity contribution in [1.82, 2.24) is 0 Å². The SMILES string of the molecule is CCCCC[SiH2]C(CCCCSSSCCCCC(OCCCC)(OCCCC)[SiH2]CCCCC)(OCCCC)OCCCC. The molecule has 9 heteroatoms. The highest BCUT2D eigenvalue weighted by Crippen LogP contribution is 2.36. The number of unbranched alkanes of at least 4 members (excludes halogenated alkanes) is 10. The van der Waals surface area contributed by atoms with Crippen molar-refractivity contribution in [1.29, 1.82) is 0 Å². The molecule has 0 aromatic carbocycles. The fourth-order valence-corrected chi connectivity index (χ4v) is 13.8. The molecule has 0 aliphatic carbocycles. The predicted molar refractivity (Wildman–Crippen MR) is 215 cm³/mol. The van der Waals surface area contributed by atoms with E-state index in [2.05, 4.69) is 41.5 Å². The minimum absolute atomic E-state index is 0.223. The Labute approximate surface area is 298 Å². The number of rotatable bonds is 38. The highest BCUT2D eigenvalue weighted by molar-refractivity contribution is 9.09. The van der Waals surface area contributed by atoms with Crippen molar-refractivity contribution in [2.24, 2.45) is 0 Å². The van der Waals surface area contributed by atoms with Gasteiger partial charge in [0.2, 0.25) is 0 Å². The molecule has 0 atom stereocenters. The van der Waals surface area contributed by atoms with E-state index in [0.29, 0.717) is 0 Å². The second-order valence-corrected chi connectivity index (χ2v) is 21.9. The van der Waals surface area contributed by atoms with Crippen LogP contribution in [0, 0.1) is 0 Å². The van der Waals surface area contributed by atoms with Gasteiger partial charge in [0.1, 0.15) is 10.8 Å². The van der Waals surface area contributed by atoms with Gasteiger partial charge in [0, 0.05) is 37.9 Å². The first-order valence-electron chi connectivity index (χ1n) is 19.5. The van der Waals surface area contributed by atoms with Crippen molar-refractivity contribution < 1.29 is 18.9 Å². The standard InChI is InChI=1S/C36H78O4S3Si2/c1-7-13-23-33-44-35(37-27-15-9-3,38-28-16-10-4)25-19-21-31-41-43-42-32-22-20-26-36(39-29-17-11-5,40-30-18-12-6)45-34-24-14-8-2/h7-34,44-45H2,1-6H3. The van der Waals surface area contributed by atoms with Gasteiger partial charge in [0.05, 0.1) is 19.0 Å². The van der Waals surface area contributed by atoms with Gasteiger partial charge in [0.25, 0.3) is 0 Å². The molecule has 0 spiro atoms. The molecule has 45 heavy (non-hydrogen) atoms. The van der Waals surface area contributed by atoms with Crippen LogP contribution in [-0.4, -0.2) is 67.8 Å². The summed E-state index contributed by atoms with van der Waals surface area (Å²) in [7, 11) is 5.25. The van der Waals surface area contributed by atoms with E-state index in [1.54, 1.807) is 0 Å². The van der Waals surface area contributed by atoms with Crippen LogP contribution in [0.2, 0.25) is 12.1 Å². The van der Waals surface area contributed by atoms with Crippen LogP contribution in [0.1, 0.15) is 170 Å². The fourth-order valence-electron chi connectivity index (χ4n) is 5.38. The Hall–Kier alpha value is 1.32. The lowest BCUT2D eigenvalue weighted by atomic mass is 10.2. The van der Waals surface area contributed by atoms with Gasteiger partial charge in [-0.15, -0.1) is 0 Å². The van der Waals surface area contributed by atoms with Crippen molar-refractivity contribution in [3.05, 3.63) is 0 Å². The summed E-state index contributed by atoms with van der Waals surface area (Å²) in [6, 6.07) is 2.70. The maximum Gasteiger partial charge on any atom is 0.144 e. The van der Waals surface area contributed by atoms with Crippen LogP contribution in [0.15, 0.2) is 0 Å². The van der Waals surface area contributed by atoms with Crippen LogP contribution in [0.3, 0.4) is 0 Å². The molecule has 0 fully saturated rings. The molecular weight excluding hydrogens is 649 g/mol. The molecule has 0 aliphatic rings. The molecule has 0 heterocycles. The third-order valence-corrected chi connectivity index (χ3v) is 17.6. The van der Waals surface area contributed by atoms with Gasteiger partial charge in [-0.25, -0.2) is 0 Å². The lowest BCUT2D eigenvalue weighted by molar-refractivity contribution is -0.187. The molecule has 0 saturated heterocycles. The van der Waals surface area contributed by atoms with E-state index in [-0.39, 0.29) is 10.8 Å². The van der Waals surface area contributed by atoms with Gasteiger partial charge in [-0.2, -0.15) is 0 Å². The van der Waals surface area contributed by atoms with Gasteiger partial charge in [0.15, 0.2) is 0 Å². The summed E-state index contributed by atoms with van der Waals surface area (Å²) in [5, 5.41) is 0. The van der Waals surface area contributed by atoms with Gasteiger partial charge < -0.3 is 18.9 Å². The Bertz CT molecular complexity index is 525. The maximum absolute atomic E-state index is 6.60. The Morgan fingerprint density at radius 1 is 0.400 bits per heavy atom. The van der Waals surface area contributed by atoms with Crippen molar-refractivity contribution in [2.75, 3.05) is 37.9 Å². The highest BCUT2D eigenvalue weighted by atomic mass is 33.5. The zero-order valence-corrected chi connectivity index (χ0v) is 36.3. The Kier molecular flexibility index (Phi) is 36.2. The molecule has 0 bridgehead atoms. The first-order valence-corrected chi connectivity index (χ1v) is 26.8. The minimum Gasteiger partial charge on any atom is -0.354 e.